The smallest absolute Gasteiger partial charge is 0.324 e. The van der Waals surface area contributed by atoms with Crippen molar-refractivity contribution in [3.05, 3.63) is 107 Å². The highest BCUT2D eigenvalue weighted by Crippen LogP contribution is 2.36. The van der Waals surface area contributed by atoms with Gasteiger partial charge in [0.05, 0.1) is 10.9 Å². The summed E-state index contributed by atoms with van der Waals surface area (Å²) in [6.45, 7) is -0.0686. The van der Waals surface area contributed by atoms with Gasteiger partial charge in [0.1, 0.15) is 5.25 Å². The number of aromatic nitrogens is 4. The number of ether oxygens (including phenoxy) is 1. The Hall–Kier alpha value is -3.91. The van der Waals surface area contributed by atoms with Gasteiger partial charge in [-0.3, -0.25) is 18.6 Å². The highest BCUT2D eigenvalue weighted by Gasteiger charge is 2.25. The van der Waals surface area contributed by atoms with Crippen LogP contribution in [0.15, 0.2) is 94.6 Å². The molecular formula is C25H20N4O3S. The van der Waals surface area contributed by atoms with Crippen LogP contribution < -0.4 is 5.56 Å². The Balaban J connectivity index is 1.46. The molecule has 0 fully saturated rings. The fraction of sp³-hybridized carbons (Fsp3) is 0.120. The van der Waals surface area contributed by atoms with E-state index < -0.39 is 5.25 Å². The number of hydrogen-bond acceptors (Lipinski definition) is 6. The van der Waals surface area contributed by atoms with Gasteiger partial charge in [-0.05, 0) is 29.8 Å². The van der Waals surface area contributed by atoms with Gasteiger partial charge >= 0.3 is 5.97 Å². The Morgan fingerprint density at radius 3 is 2.36 bits per heavy atom. The number of benzene rings is 3. The molecule has 33 heavy (non-hydrogen) atoms. The molecule has 1 atom stereocenters. The van der Waals surface area contributed by atoms with Crippen LogP contribution in [0.2, 0.25) is 0 Å². The van der Waals surface area contributed by atoms with E-state index in [1.807, 2.05) is 78.9 Å². The van der Waals surface area contributed by atoms with Gasteiger partial charge in [-0.2, -0.15) is 0 Å². The van der Waals surface area contributed by atoms with Gasteiger partial charge in [0.25, 0.3) is 5.56 Å². The van der Waals surface area contributed by atoms with Gasteiger partial charge in [0, 0.05) is 11.9 Å². The first-order valence-electron chi connectivity index (χ1n) is 10.4. The lowest BCUT2D eigenvalue weighted by Gasteiger charge is -2.16. The molecule has 0 saturated carbocycles. The van der Waals surface area contributed by atoms with E-state index >= 15 is 0 Å². The lowest BCUT2D eigenvalue weighted by molar-refractivity contribution is -0.144. The number of aryl methyl sites for hydroxylation is 1. The Morgan fingerprint density at radius 2 is 1.61 bits per heavy atom. The van der Waals surface area contributed by atoms with Gasteiger partial charge in [-0.25, -0.2) is 0 Å². The fourth-order valence-electron chi connectivity index (χ4n) is 3.71. The molecule has 0 radical (unpaired) electrons. The zero-order valence-electron chi connectivity index (χ0n) is 17.8. The van der Waals surface area contributed by atoms with E-state index in [9.17, 15) is 9.59 Å². The van der Waals surface area contributed by atoms with Crippen LogP contribution in [0.5, 0.6) is 0 Å². The van der Waals surface area contributed by atoms with E-state index in [4.69, 9.17) is 4.74 Å². The topological polar surface area (TPSA) is 78.5 Å². The molecule has 0 amide bonds. The summed E-state index contributed by atoms with van der Waals surface area (Å²) < 4.78 is 8.93. The minimum Gasteiger partial charge on any atom is -0.456 e. The van der Waals surface area contributed by atoms with E-state index in [1.165, 1.54) is 16.3 Å². The zero-order chi connectivity index (χ0) is 22.8. The van der Waals surface area contributed by atoms with Crippen molar-refractivity contribution in [2.24, 2.45) is 7.05 Å². The Labute approximate surface area is 193 Å². The van der Waals surface area contributed by atoms with Crippen LogP contribution in [0.25, 0.3) is 16.7 Å². The monoisotopic (exact) mass is 456 g/mol. The molecule has 1 unspecified atom stereocenters. The molecule has 164 valence electrons. The molecule has 0 N–H and O–H groups in total. The van der Waals surface area contributed by atoms with Crippen molar-refractivity contribution in [2.45, 2.75) is 16.8 Å². The summed E-state index contributed by atoms with van der Waals surface area (Å²) in [6.07, 6.45) is 0. The van der Waals surface area contributed by atoms with E-state index in [0.29, 0.717) is 22.5 Å². The maximum absolute atomic E-state index is 13.2. The van der Waals surface area contributed by atoms with Crippen molar-refractivity contribution >= 4 is 34.4 Å². The molecule has 5 rings (SSSR count). The molecule has 5 aromatic rings. The maximum Gasteiger partial charge on any atom is 0.324 e. The number of fused-ring (bicyclic) bond motifs is 3. The standard InChI is InChI=1S/C25H20N4O3S/c1-28-23(30)19-14-8-9-15-20(19)29-21(26-27-25(28)29)16-32-24(31)22(17-10-4-2-5-11-17)33-18-12-6-3-7-13-18/h2-15,22H,16H2,1H3. The SMILES string of the molecule is Cn1c(=O)c2ccccc2n2c(COC(=O)C(Sc3ccccc3)c3ccccc3)nnc12. The number of hydrogen-bond donors (Lipinski definition) is 0. The average Bonchev–Trinajstić information content (AvgIpc) is 3.30. The van der Waals surface area contributed by atoms with Crippen molar-refractivity contribution in [3.8, 4) is 0 Å². The van der Waals surface area contributed by atoms with Crippen LogP contribution in [0.1, 0.15) is 16.6 Å². The summed E-state index contributed by atoms with van der Waals surface area (Å²) in [5.41, 5.74) is 1.37. The van der Waals surface area contributed by atoms with Gasteiger partial charge in [0.15, 0.2) is 12.4 Å². The van der Waals surface area contributed by atoms with Crippen molar-refractivity contribution in [1.82, 2.24) is 19.2 Å². The second kappa shape index (κ2) is 8.91. The Kier molecular flexibility index (Phi) is 5.66. The molecule has 8 heteroatoms. The highest BCUT2D eigenvalue weighted by atomic mass is 32.2. The summed E-state index contributed by atoms with van der Waals surface area (Å²) in [4.78, 5) is 26.8. The van der Waals surface area contributed by atoms with Gasteiger partial charge in [0.2, 0.25) is 5.78 Å². The van der Waals surface area contributed by atoms with Crippen LogP contribution >= 0.6 is 11.8 Å². The average molecular weight is 457 g/mol. The van der Waals surface area contributed by atoms with Gasteiger partial charge < -0.3 is 4.74 Å². The number of esters is 1. The molecule has 0 aliphatic heterocycles. The molecule has 0 aliphatic carbocycles. The van der Waals surface area contributed by atoms with E-state index in [-0.39, 0.29) is 18.1 Å². The molecule has 0 bridgehead atoms. The third-order valence-corrected chi connectivity index (χ3v) is 6.59. The van der Waals surface area contributed by atoms with Crippen molar-refractivity contribution in [2.75, 3.05) is 0 Å². The molecule has 0 saturated heterocycles. The first-order chi connectivity index (χ1) is 16.1. The summed E-state index contributed by atoms with van der Waals surface area (Å²) >= 11 is 1.43. The quantitative estimate of drug-likeness (QED) is 0.282. The van der Waals surface area contributed by atoms with Crippen molar-refractivity contribution in [3.63, 3.8) is 0 Å². The number of para-hydroxylation sites is 1. The molecule has 3 aromatic carbocycles. The van der Waals surface area contributed by atoms with Crippen molar-refractivity contribution < 1.29 is 9.53 Å². The summed E-state index contributed by atoms with van der Waals surface area (Å²) in [6, 6.07) is 26.5. The normalized spacial score (nSPS) is 12.2. The largest absolute Gasteiger partial charge is 0.456 e. The van der Waals surface area contributed by atoms with Crippen LogP contribution in [0.4, 0.5) is 0 Å². The lowest BCUT2D eigenvalue weighted by Crippen LogP contribution is -2.20. The van der Waals surface area contributed by atoms with E-state index in [0.717, 1.165) is 10.5 Å². The second-order valence-corrected chi connectivity index (χ2v) is 8.64. The molecule has 0 aliphatic rings. The van der Waals surface area contributed by atoms with Gasteiger partial charge in [-0.15, -0.1) is 22.0 Å². The van der Waals surface area contributed by atoms with E-state index in [1.54, 1.807) is 17.5 Å². The van der Waals surface area contributed by atoms with Crippen molar-refractivity contribution in [1.29, 1.82) is 0 Å². The Bertz CT molecular complexity index is 1500. The number of rotatable bonds is 6. The Morgan fingerprint density at radius 1 is 0.939 bits per heavy atom. The number of nitrogens with zero attached hydrogens (tertiary/aromatic N) is 4. The summed E-state index contributed by atoms with van der Waals surface area (Å²) in [5.74, 6) is 0.464. The van der Waals surface area contributed by atoms with Crippen LogP contribution in [-0.4, -0.2) is 25.1 Å². The van der Waals surface area contributed by atoms with E-state index in [2.05, 4.69) is 10.2 Å². The minimum absolute atomic E-state index is 0.0686. The third-order valence-electron chi connectivity index (χ3n) is 5.35. The summed E-state index contributed by atoms with van der Waals surface area (Å²) in [5, 5.41) is 8.37. The predicted molar refractivity (Wildman–Crippen MR) is 127 cm³/mol. The predicted octanol–water partition coefficient (Wildman–Crippen LogP) is 4.16. The molecule has 0 spiro atoms. The highest BCUT2D eigenvalue weighted by molar-refractivity contribution is 8.00. The van der Waals surface area contributed by atoms with Crippen LogP contribution in [0, 0.1) is 0 Å². The first kappa shape index (κ1) is 21.0. The van der Waals surface area contributed by atoms with Crippen LogP contribution in [0.3, 0.4) is 0 Å². The maximum atomic E-state index is 13.2. The minimum atomic E-state index is -0.533. The number of carbonyl (C=O) groups is 1. The lowest BCUT2D eigenvalue weighted by atomic mass is 10.1. The molecule has 7 nitrogen and oxygen atoms in total. The third kappa shape index (κ3) is 4.01. The number of thioether (sulfide) groups is 1. The van der Waals surface area contributed by atoms with Crippen LogP contribution in [-0.2, 0) is 23.2 Å². The first-order valence-corrected chi connectivity index (χ1v) is 11.3. The summed E-state index contributed by atoms with van der Waals surface area (Å²) in [7, 11) is 1.65. The fourth-order valence-corrected chi connectivity index (χ4v) is 4.76. The zero-order valence-corrected chi connectivity index (χ0v) is 18.6. The van der Waals surface area contributed by atoms with Gasteiger partial charge in [-0.1, -0.05) is 60.7 Å². The molecular weight excluding hydrogens is 436 g/mol. The molecule has 2 heterocycles. The number of carbonyl (C=O) groups excluding carboxylic acids is 1. The second-order valence-electron chi connectivity index (χ2n) is 7.46. The molecule has 2 aromatic heterocycles.